The third kappa shape index (κ3) is 4.26. The second kappa shape index (κ2) is 7.32. The van der Waals surface area contributed by atoms with Crippen molar-refractivity contribution in [2.24, 2.45) is 0 Å². The summed E-state index contributed by atoms with van der Waals surface area (Å²) in [6.45, 7) is 0.537. The third-order valence-electron chi connectivity index (χ3n) is 2.92. The van der Waals surface area contributed by atoms with E-state index in [-0.39, 0.29) is 5.91 Å². The van der Waals surface area contributed by atoms with Gasteiger partial charge in [0, 0.05) is 11.6 Å². The monoisotopic (exact) mass is 307 g/mol. The summed E-state index contributed by atoms with van der Waals surface area (Å²) >= 11 is 12.0. The number of alkyl halides is 1. The highest BCUT2D eigenvalue weighted by atomic mass is 35.5. The van der Waals surface area contributed by atoms with Crippen molar-refractivity contribution >= 4 is 29.1 Å². The van der Waals surface area contributed by atoms with Crippen LogP contribution in [0.2, 0.25) is 5.02 Å². The number of hydrogen-bond donors (Lipinski definition) is 1. The molecule has 0 aliphatic rings. The molecular formula is C16H15Cl2NO. The Bertz CT molecular complexity index is 572. The van der Waals surface area contributed by atoms with Gasteiger partial charge in [-0.15, -0.1) is 11.6 Å². The van der Waals surface area contributed by atoms with E-state index in [1.54, 1.807) is 0 Å². The van der Waals surface area contributed by atoms with Gasteiger partial charge in [-0.05, 0) is 29.7 Å². The Kier molecular flexibility index (Phi) is 5.45. The van der Waals surface area contributed by atoms with Crippen LogP contribution in [-0.2, 0) is 11.2 Å². The minimum absolute atomic E-state index is 0.181. The summed E-state index contributed by atoms with van der Waals surface area (Å²) in [5.41, 5.74) is 1.89. The van der Waals surface area contributed by atoms with E-state index in [2.05, 4.69) is 5.32 Å². The third-order valence-corrected chi connectivity index (χ3v) is 3.61. The van der Waals surface area contributed by atoms with Gasteiger partial charge in [0.15, 0.2) is 0 Å². The van der Waals surface area contributed by atoms with E-state index >= 15 is 0 Å². The highest BCUT2D eigenvalue weighted by Crippen LogP contribution is 2.19. The molecule has 2 nitrogen and oxygen atoms in total. The Hall–Kier alpha value is -1.51. The number of amides is 1. The van der Waals surface area contributed by atoms with Crippen LogP contribution in [0, 0.1) is 0 Å². The van der Waals surface area contributed by atoms with E-state index in [4.69, 9.17) is 23.2 Å². The van der Waals surface area contributed by atoms with Crippen LogP contribution in [0.15, 0.2) is 54.6 Å². The standard InChI is InChI=1S/C16H15Cl2NO/c17-14-8-4-5-12(11-14)9-10-19-16(20)15(18)13-6-2-1-3-7-13/h1-8,11,15H,9-10H2,(H,19,20). The second-order valence-electron chi connectivity index (χ2n) is 4.44. The van der Waals surface area contributed by atoms with Crippen LogP contribution < -0.4 is 5.32 Å². The van der Waals surface area contributed by atoms with Gasteiger partial charge in [0.2, 0.25) is 5.91 Å². The zero-order valence-electron chi connectivity index (χ0n) is 10.9. The maximum Gasteiger partial charge on any atom is 0.242 e. The van der Waals surface area contributed by atoms with E-state index < -0.39 is 5.38 Å². The maximum atomic E-state index is 11.9. The van der Waals surface area contributed by atoms with Gasteiger partial charge in [0.05, 0.1) is 0 Å². The van der Waals surface area contributed by atoms with Crippen LogP contribution in [0.3, 0.4) is 0 Å². The number of halogens is 2. The van der Waals surface area contributed by atoms with Gasteiger partial charge < -0.3 is 5.32 Å². The molecule has 0 radical (unpaired) electrons. The molecule has 0 spiro atoms. The van der Waals surface area contributed by atoms with Crippen molar-refractivity contribution in [3.8, 4) is 0 Å². The molecule has 4 heteroatoms. The first-order valence-corrected chi connectivity index (χ1v) is 7.19. The minimum atomic E-state index is -0.657. The van der Waals surface area contributed by atoms with Crippen LogP contribution in [-0.4, -0.2) is 12.5 Å². The van der Waals surface area contributed by atoms with Gasteiger partial charge in [-0.3, -0.25) is 4.79 Å². The maximum absolute atomic E-state index is 11.9. The lowest BCUT2D eigenvalue weighted by Crippen LogP contribution is -2.28. The zero-order chi connectivity index (χ0) is 14.4. The molecule has 0 bridgehead atoms. The summed E-state index contributed by atoms with van der Waals surface area (Å²) in [4.78, 5) is 11.9. The lowest BCUT2D eigenvalue weighted by Gasteiger charge is -2.10. The molecule has 0 saturated carbocycles. The number of hydrogen-bond acceptors (Lipinski definition) is 1. The quantitative estimate of drug-likeness (QED) is 0.832. The predicted octanol–water partition coefficient (Wildman–Crippen LogP) is 3.98. The average molecular weight is 308 g/mol. The molecule has 0 aromatic heterocycles. The van der Waals surface area contributed by atoms with E-state index in [9.17, 15) is 4.79 Å². The minimum Gasteiger partial charge on any atom is -0.354 e. The first kappa shape index (κ1) is 14.9. The molecule has 1 unspecified atom stereocenters. The molecule has 2 rings (SSSR count). The van der Waals surface area contributed by atoms with Crippen LogP contribution in [0.1, 0.15) is 16.5 Å². The fraction of sp³-hybridized carbons (Fsp3) is 0.188. The zero-order valence-corrected chi connectivity index (χ0v) is 12.4. The van der Waals surface area contributed by atoms with Crippen LogP contribution in [0.5, 0.6) is 0 Å². The van der Waals surface area contributed by atoms with Crippen LogP contribution in [0.4, 0.5) is 0 Å². The van der Waals surface area contributed by atoms with Crippen molar-refractivity contribution in [3.63, 3.8) is 0 Å². The van der Waals surface area contributed by atoms with Gasteiger partial charge in [-0.25, -0.2) is 0 Å². The SMILES string of the molecule is O=C(NCCc1cccc(Cl)c1)C(Cl)c1ccccc1. The Morgan fingerprint density at radius 1 is 1.10 bits per heavy atom. The van der Waals surface area contributed by atoms with Crippen molar-refractivity contribution in [3.05, 3.63) is 70.7 Å². The molecule has 2 aromatic carbocycles. The molecule has 20 heavy (non-hydrogen) atoms. The van der Waals surface area contributed by atoms with E-state index in [1.165, 1.54) is 0 Å². The summed E-state index contributed by atoms with van der Waals surface area (Å²) in [6.07, 6.45) is 0.727. The number of rotatable bonds is 5. The molecule has 2 aromatic rings. The average Bonchev–Trinajstić information content (AvgIpc) is 2.47. The van der Waals surface area contributed by atoms with Gasteiger partial charge >= 0.3 is 0 Å². The van der Waals surface area contributed by atoms with Crippen molar-refractivity contribution in [2.45, 2.75) is 11.8 Å². The second-order valence-corrected chi connectivity index (χ2v) is 5.32. The van der Waals surface area contributed by atoms with E-state index in [0.29, 0.717) is 11.6 Å². The predicted molar refractivity (Wildman–Crippen MR) is 83.2 cm³/mol. The summed E-state index contributed by atoms with van der Waals surface area (Å²) in [7, 11) is 0. The lowest BCUT2D eigenvalue weighted by molar-refractivity contribution is -0.120. The largest absolute Gasteiger partial charge is 0.354 e. The highest BCUT2D eigenvalue weighted by molar-refractivity contribution is 6.31. The first-order chi connectivity index (χ1) is 9.66. The Balaban J connectivity index is 1.83. The lowest BCUT2D eigenvalue weighted by atomic mass is 10.1. The topological polar surface area (TPSA) is 29.1 Å². The van der Waals surface area contributed by atoms with Crippen LogP contribution in [0.25, 0.3) is 0 Å². The summed E-state index contributed by atoms with van der Waals surface area (Å²) in [5.74, 6) is -0.181. The van der Waals surface area contributed by atoms with Crippen molar-refractivity contribution in [1.82, 2.24) is 5.32 Å². The number of benzene rings is 2. The van der Waals surface area contributed by atoms with Crippen molar-refractivity contribution in [1.29, 1.82) is 0 Å². The Morgan fingerprint density at radius 3 is 2.55 bits per heavy atom. The van der Waals surface area contributed by atoms with Crippen molar-refractivity contribution < 1.29 is 4.79 Å². The van der Waals surface area contributed by atoms with E-state index in [0.717, 1.165) is 17.5 Å². The molecule has 1 atom stereocenters. The van der Waals surface area contributed by atoms with Gasteiger partial charge in [0.25, 0.3) is 0 Å². The Labute approximate surface area is 128 Å². The van der Waals surface area contributed by atoms with Gasteiger partial charge in [-0.1, -0.05) is 54.1 Å². The molecule has 0 aliphatic heterocycles. The Morgan fingerprint density at radius 2 is 1.85 bits per heavy atom. The fourth-order valence-electron chi connectivity index (χ4n) is 1.89. The number of carbonyl (C=O) groups is 1. The fourth-order valence-corrected chi connectivity index (χ4v) is 2.32. The molecule has 0 aliphatic carbocycles. The summed E-state index contributed by atoms with van der Waals surface area (Å²) < 4.78 is 0. The van der Waals surface area contributed by atoms with Gasteiger partial charge in [-0.2, -0.15) is 0 Å². The molecule has 1 amide bonds. The molecule has 0 saturated heterocycles. The smallest absolute Gasteiger partial charge is 0.242 e. The summed E-state index contributed by atoms with van der Waals surface area (Å²) in [5, 5.41) is 2.88. The van der Waals surface area contributed by atoms with E-state index in [1.807, 2.05) is 54.6 Å². The van der Waals surface area contributed by atoms with Crippen molar-refractivity contribution in [2.75, 3.05) is 6.54 Å². The number of nitrogens with one attached hydrogen (secondary N) is 1. The summed E-state index contributed by atoms with van der Waals surface area (Å²) in [6, 6.07) is 16.9. The highest BCUT2D eigenvalue weighted by Gasteiger charge is 2.16. The molecule has 0 fully saturated rings. The van der Waals surface area contributed by atoms with Gasteiger partial charge in [0.1, 0.15) is 5.38 Å². The molecule has 104 valence electrons. The molecule has 1 N–H and O–H groups in total. The van der Waals surface area contributed by atoms with Crippen LogP contribution >= 0.6 is 23.2 Å². The first-order valence-electron chi connectivity index (χ1n) is 6.38. The normalized spacial score (nSPS) is 11.9. The number of carbonyl (C=O) groups excluding carboxylic acids is 1. The molecular weight excluding hydrogens is 293 g/mol. The molecule has 0 heterocycles.